The Hall–Kier alpha value is -0.910. The number of unbranched alkanes of at least 4 members (excludes halogenated alkanes) is 2. The van der Waals surface area contributed by atoms with Crippen molar-refractivity contribution in [2.24, 2.45) is 0 Å². The van der Waals surface area contributed by atoms with E-state index >= 15 is 0 Å². The van der Waals surface area contributed by atoms with Crippen molar-refractivity contribution in [3.8, 4) is 11.8 Å². The molecular formula is C9H12F2O. The lowest BCUT2D eigenvalue weighted by Gasteiger charge is -2.07. The second-order valence-electron chi connectivity index (χ2n) is 2.55. The first-order valence-corrected chi connectivity index (χ1v) is 3.96. The molecule has 0 saturated heterocycles. The van der Waals surface area contributed by atoms with Gasteiger partial charge in [0.15, 0.2) is 6.29 Å². The van der Waals surface area contributed by atoms with Crippen LogP contribution in [0.2, 0.25) is 0 Å². The minimum atomic E-state index is -2.99. The third-order valence-electron chi connectivity index (χ3n) is 1.41. The summed E-state index contributed by atoms with van der Waals surface area (Å²) in [5.74, 6) is 0.361. The highest BCUT2D eigenvalue weighted by atomic mass is 19.3. The lowest BCUT2D eigenvalue weighted by atomic mass is 10.1. The van der Waals surface area contributed by atoms with Crippen LogP contribution in [0.15, 0.2) is 0 Å². The average molecular weight is 174 g/mol. The minimum absolute atomic E-state index is 0.188. The lowest BCUT2D eigenvalue weighted by molar-refractivity contribution is -0.103. The van der Waals surface area contributed by atoms with E-state index in [9.17, 15) is 13.6 Å². The van der Waals surface area contributed by atoms with Crippen LogP contribution in [0.25, 0.3) is 0 Å². The van der Waals surface area contributed by atoms with Crippen LogP contribution >= 0.6 is 0 Å². The van der Waals surface area contributed by atoms with Gasteiger partial charge in [-0.2, -0.15) is 8.78 Å². The lowest BCUT2D eigenvalue weighted by Crippen LogP contribution is -2.12. The summed E-state index contributed by atoms with van der Waals surface area (Å²) in [5, 5.41) is 0. The third kappa shape index (κ3) is 5.84. The molecular weight excluding hydrogens is 162 g/mol. The summed E-state index contributed by atoms with van der Waals surface area (Å²) in [5.41, 5.74) is 0. The maximum absolute atomic E-state index is 12.6. The van der Waals surface area contributed by atoms with E-state index in [2.05, 4.69) is 0 Å². The van der Waals surface area contributed by atoms with Crippen LogP contribution in [0.3, 0.4) is 0 Å². The van der Waals surface area contributed by atoms with Crippen LogP contribution in [-0.2, 0) is 4.79 Å². The molecule has 0 atom stereocenters. The number of carbonyl (C=O) groups excluding carboxylic acids is 1. The zero-order valence-corrected chi connectivity index (χ0v) is 7.07. The van der Waals surface area contributed by atoms with Gasteiger partial charge in [-0.15, -0.1) is 0 Å². The largest absolute Gasteiger partial charge is 0.308 e. The van der Waals surface area contributed by atoms with Crippen molar-refractivity contribution in [3.05, 3.63) is 0 Å². The zero-order valence-electron chi connectivity index (χ0n) is 7.07. The fourth-order valence-corrected chi connectivity index (χ4v) is 0.795. The van der Waals surface area contributed by atoms with Crippen LogP contribution in [0.4, 0.5) is 8.78 Å². The monoisotopic (exact) mass is 174 g/mol. The quantitative estimate of drug-likeness (QED) is 0.363. The van der Waals surface area contributed by atoms with Crippen LogP contribution < -0.4 is 0 Å². The van der Waals surface area contributed by atoms with Gasteiger partial charge < -0.3 is 0 Å². The van der Waals surface area contributed by atoms with Gasteiger partial charge in [0.05, 0.1) is 0 Å². The Balaban J connectivity index is 3.78. The topological polar surface area (TPSA) is 17.1 Å². The highest BCUT2D eigenvalue weighted by Crippen LogP contribution is 2.20. The van der Waals surface area contributed by atoms with E-state index in [0.717, 1.165) is 12.8 Å². The van der Waals surface area contributed by atoms with Crippen molar-refractivity contribution >= 4 is 6.29 Å². The molecule has 0 aliphatic carbocycles. The van der Waals surface area contributed by atoms with Crippen LogP contribution in [0.1, 0.15) is 32.6 Å². The minimum Gasteiger partial charge on any atom is -0.289 e. The molecule has 0 spiro atoms. The highest BCUT2D eigenvalue weighted by Gasteiger charge is 2.24. The van der Waals surface area contributed by atoms with Gasteiger partial charge in [-0.3, -0.25) is 4.79 Å². The summed E-state index contributed by atoms with van der Waals surface area (Å²) in [6.45, 7) is 1.94. The number of alkyl halides is 2. The SMILES string of the molecule is CCCCCC(F)(F)C#CC=O. The standard InChI is InChI=1S/C9H12F2O/c1-2-3-4-6-9(10,11)7-5-8-12/h8H,2-4,6H2,1H3. The highest BCUT2D eigenvalue weighted by molar-refractivity contribution is 5.72. The number of hydrogen-bond donors (Lipinski definition) is 0. The first-order chi connectivity index (χ1) is 5.62. The van der Waals surface area contributed by atoms with Crippen LogP contribution in [-0.4, -0.2) is 12.2 Å². The summed E-state index contributed by atoms with van der Waals surface area (Å²) in [7, 11) is 0. The molecule has 1 nitrogen and oxygen atoms in total. The molecule has 0 fully saturated rings. The van der Waals surface area contributed by atoms with E-state index in [1.54, 1.807) is 11.8 Å². The number of aldehydes is 1. The van der Waals surface area contributed by atoms with Gasteiger partial charge in [0, 0.05) is 6.42 Å². The fraction of sp³-hybridized carbons (Fsp3) is 0.667. The maximum atomic E-state index is 12.6. The number of hydrogen-bond acceptors (Lipinski definition) is 1. The smallest absolute Gasteiger partial charge is 0.289 e. The van der Waals surface area contributed by atoms with Crippen molar-refractivity contribution in [2.75, 3.05) is 0 Å². The Morgan fingerprint density at radius 1 is 1.42 bits per heavy atom. The number of halogens is 2. The number of carbonyl (C=O) groups is 1. The van der Waals surface area contributed by atoms with E-state index in [1.165, 1.54) is 0 Å². The fourth-order valence-electron chi connectivity index (χ4n) is 0.795. The van der Waals surface area contributed by atoms with Gasteiger partial charge in [-0.1, -0.05) is 19.8 Å². The Morgan fingerprint density at radius 2 is 2.08 bits per heavy atom. The molecule has 0 saturated carbocycles. The molecule has 0 amide bonds. The predicted octanol–water partition coefficient (Wildman–Crippen LogP) is 2.40. The predicted molar refractivity (Wildman–Crippen MR) is 42.9 cm³/mol. The normalized spacial score (nSPS) is 10.2. The Morgan fingerprint density at radius 3 is 2.58 bits per heavy atom. The van der Waals surface area contributed by atoms with E-state index in [0.29, 0.717) is 6.42 Å². The van der Waals surface area contributed by atoms with Gasteiger partial charge in [0.25, 0.3) is 0 Å². The summed E-state index contributed by atoms with van der Waals surface area (Å²) < 4.78 is 25.2. The molecule has 0 aromatic rings. The van der Waals surface area contributed by atoms with Crippen molar-refractivity contribution in [1.82, 2.24) is 0 Å². The van der Waals surface area contributed by atoms with Gasteiger partial charge in [-0.25, -0.2) is 0 Å². The molecule has 0 bridgehead atoms. The Labute approximate surface area is 71.2 Å². The second-order valence-corrected chi connectivity index (χ2v) is 2.55. The molecule has 0 aromatic carbocycles. The van der Waals surface area contributed by atoms with Gasteiger partial charge in [0.1, 0.15) is 0 Å². The molecule has 12 heavy (non-hydrogen) atoms. The molecule has 0 radical (unpaired) electrons. The van der Waals surface area contributed by atoms with Crippen molar-refractivity contribution < 1.29 is 13.6 Å². The molecule has 0 aliphatic heterocycles. The molecule has 0 aliphatic rings. The summed E-state index contributed by atoms with van der Waals surface area (Å²) in [6.07, 6.45) is 2.07. The summed E-state index contributed by atoms with van der Waals surface area (Å²) in [4.78, 5) is 9.67. The molecule has 0 unspecified atom stereocenters. The van der Waals surface area contributed by atoms with E-state index in [1.807, 2.05) is 6.92 Å². The summed E-state index contributed by atoms with van der Waals surface area (Å²) in [6, 6.07) is 0. The first-order valence-electron chi connectivity index (χ1n) is 3.96. The molecule has 0 heterocycles. The van der Waals surface area contributed by atoms with Gasteiger partial charge in [0.2, 0.25) is 0 Å². The van der Waals surface area contributed by atoms with Crippen molar-refractivity contribution in [1.29, 1.82) is 0 Å². The van der Waals surface area contributed by atoms with E-state index in [-0.39, 0.29) is 12.7 Å². The molecule has 0 rings (SSSR count). The Bertz CT molecular complexity index is 188. The second kappa shape index (κ2) is 5.70. The molecule has 0 N–H and O–H groups in total. The van der Waals surface area contributed by atoms with Crippen LogP contribution in [0.5, 0.6) is 0 Å². The number of rotatable bonds is 4. The van der Waals surface area contributed by atoms with Crippen molar-refractivity contribution in [3.63, 3.8) is 0 Å². The van der Waals surface area contributed by atoms with Gasteiger partial charge >= 0.3 is 5.92 Å². The van der Waals surface area contributed by atoms with E-state index in [4.69, 9.17) is 0 Å². The first kappa shape index (κ1) is 11.1. The Kier molecular flexibility index (Phi) is 5.27. The molecule has 0 aromatic heterocycles. The zero-order chi connectivity index (χ0) is 9.45. The molecule has 68 valence electrons. The third-order valence-corrected chi connectivity index (χ3v) is 1.41. The van der Waals surface area contributed by atoms with Crippen LogP contribution in [0, 0.1) is 11.8 Å². The maximum Gasteiger partial charge on any atom is 0.308 e. The molecule has 3 heteroatoms. The summed E-state index contributed by atoms with van der Waals surface area (Å²) >= 11 is 0. The van der Waals surface area contributed by atoms with Crippen molar-refractivity contribution in [2.45, 2.75) is 38.5 Å². The van der Waals surface area contributed by atoms with E-state index < -0.39 is 5.92 Å². The average Bonchev–Trinajstić information content (AvgIpc) is 2.01. The van der Waals surface area contributed by atoms with Gasteiger partial charge in [-0.05, 0) is 18.3 Å².